The molecule has 4 nitrogen and oxygen atoms in total. The molecule has 23 heavy (non-hydrogen) atoms. The molecule has 0 atom stereocenters. The fourth-order valence-corrected chi connectivity index (χ4v) is 3.07. The summed E-state index contributed by atoms with van der Waals surface area (Å²) < 4.78 is 0. The van der Waals surface area contributed by atoms with Gasteiger partial charge in [-0.3, -0.25) is 9.78 Å². The first-order chi connectivity index (χ1) is 11.0. The second kappa shape index (κ2) is 6.30. The van der Waals surface area contributed by atoms with Crippen molar-refractivity contribution in [3.8, 4) is 0 Å². The van der Waals surface area contributed by atoms with Crippen LogP contribution in [0.1, 0.15) is 34.5 Å². The molecule has 2 heterocycles. The topological polar surface area (TPSA) is 53.4 Å². The normalized spacial score (nSPS) is 17.1. The number of hydrogen-bond acceptors (Lipinski definition) is 3. The molecule has 2 aromatic rings. The zero-order chi connectivity index (χ0) is 16.4. The number of nitrogens with zero attached hydrogens (tertiary/aromatic N) is 2. The van der Waals surface area contributed by atoms with Crippen LogP contribution >= 0.6 is 11.6 Å². The highest BCUT2D eigenvalue weighted by Crippen LogP contribution is 2.32. The van der Waals surface area contributed by atoms with Crippen LogP contribution in [0.3, 0.4) is 0 Å². The number of aliphatic hydroxyl groups is 1. The minimum atomic E-state index is -0.960. The lowest BCUT2D eigenvalue weighted by molar-refractivity contribution is -0.0244. The van der Waals surface area contributed by atoms with Crippen molar-refractivity contribution in [2.24, 2.45) is 0 Å². The van der Waals surface area contributed by atoms with E-state index in [-0.39, 0.29) is 5.91 Å². The average Bonchev–Trinajstić information content (AvgIpc) is 2.55. The van der Waals surface area contributed by atoms with E-state index in [1.807, 2.05) is 19.1 Å². The number of pyridine rings is 1. The number of carbonyl (C=O) groups excluding carboxylic acids is 1. The van der Waals surface area contributed by atoms with E-state index in [4.69, 9.17) is 11.6 Å². The zero-order valence-corrected chi connectivity index (χ0v) is 13.8. The first-order valence-corrected chi connectivity index (χ1v) is 8.06. The van der Waals surface area contributed by atoms with E-state index in [0.29, 0.717) is 42.2 Å². The van der Waals surface area contributed by atoms with Gasteiger partial charge in [0.15, 0.2) is 0 Å². The van der Waals surface area contributed by atoms with E-state index in [9.17, 15) is 9.90 Å². The number of halogens is 1. The summed E-state index contributed by atoms with van der Waals surface area (Å²) in [5, 5.41) is 11.4. The minimum absolute atomic E-state index is 0.0496. The number of aryl methyl sites for hydroxylation is 1. The number of rotatable bonds is 2. The quantitative estimate of drug-likeness (QED) is 0.920. The first-order valence-electron chi connectivity index (χ1n) is 7.68. The van der Waals surface area contributed by atoms with Crippen LogP contribution in [-0.4, -0.2) is 34.0 Å². The molecule has 120 valence electrons. The van der Waals surface area contributed by atoms with Gasteiger partial charge in [-0.15, -0.1) is 0 Å². The molecule has 0 unspecified atom stereocenters. The summed E-state index contributed by atoms with van der Waals surface area (Å²) in [4.78, 5) is 18.6. The van der Waals surface area contributed by atoms with Crippen LogP contribution in [0.4, 0.5) is 0 Å². The molecule has 1 aromatic heterocycles. The summed E-state index contributed by atoms with van der Waals surface area (Å²) in [6.45, 7) is 2.96. The van der Waals surface area contributed by atoms with Gasteiger partial charge in [-0.05, 0) is 49.6 Å². The summed E-state index contributed by atoms with van der Waals surface area (Å²) in [6, 6.07) is 10.8. The van der Waals surface area contributed by atoms with E-state index >= 15 is 0 Å². The highest BCUT2D eigenvalue weighted by Gasteiger charge is 2.36. The number of amides is 1. The first kappa shape index (κ1) is 16.0. The van der Waals surface area contributed by atoms with Gasteiger partial charge >= 0.3 is 0 Å². The monoisotopic (exact) mass is 330 g/mol. The molecule has 1 amide bonds. The Kier molecular flexibility index (Phi) is 4.37. The van der Waals surface area contributed by atoms with Gasteiger partial charge in [0.1, 0.15) is 5.60 Å². The van der Waals surface area contributed by atoms with Gasteiger partial charge in [-0.25, -0.2) is 0 Å². The van der Waals surface area contributed by atoms with E-state index < -0.39 is 5.60 Å². The van der Waals surface area contributed by atoms with Crippen LogP contribution in [0.15, 0.2) is 42.6 Å². The van der Waals surface area contributed by atoms with Gasteiger partial charge in [0.05, 0.1) is 5.69 Å². The van der Waals surface area contributed by atoms with E-state index in [2.05, 4.69) is 4.98 Å². The van der Waals surface area contributed by atoms with Crippen molar-refractivity contribution < 1.29 is 9.90 Å². The van der Waals surface area contributed by atoms with Crippen LogP contribution in [0.2, 0.25) is 5.02 Å². The van der Waals surface area contributed by atoms with Crippen molar-refractivity contribution in [1.82, 2.24) is 9.88 Å². The third-order valence-corrected chi connectivity index (χ3v) is 4.57. The Balaban J connectivity index is 1.70. The van der Waals surface area contributed by atoms with Crippen molar-refractivity contribution in [2.75, 3.05) is 13.1 Å². The summed E-state index contributed by atoms with van der Waals surface area (Å²) in [6.07, 6.45) is 2.72. The van der Waals surface area contributed by atoms with E-state index in [1.54, 1.807) is 35.4 Å². The Labute approximate surface area is 140 Å². The van der Waals surface area contributed by atoms with Crippen molar-refractivity contribution >= 4 is 17.5 Å². The van der Waals surface area contributed by atoms with Gasteiger partial charge in [-0.2, -0.15) is 0 Å². The maximum atomic E-state index is 12.5. The van der Waals surface area contributed by atoms with Crippen molar-refractivity contribution in [3.63, 3.8) is 0 Å². The molecule has 3 rings (SSSR count). The molecule has 5 heteroatoms. The predicted molar refractivity (Wildman–Crippen MR) is 89.5 cm³/mol. The smallest absolute Gasteiger partial charge is 0.253 e. The lowest BCUT2D eigenvalue weighted by atomic mass is 9.87. The van der Waals surface area contributed by atoms with Gasteiger partial charge in [-0.1, -0.05) is 23.7 Å². The molecule has 1 saturated heterocycles. The van der Waals surface area contributed by atoms with Crippen molar-refractivity contribution in [2.45, 2.75) is 25.4 Å². The fourth-order valence-electron chi connectivity index (χ4n) is 2.88. The Morgan fingerprint density at radius 2 is 2.00 bits per heavy atom. The molecule has 0 radical (unpaired) electrons. The zero-order valence-electron chi connectivity index (χ0n) is 13.0. The van der Waals surface area contributed by atoms with Crippen LogP contribution in [-0.2, 0) is 5.60 Å². The summed E-state index contributed by atoms with van der Waals surface area (Å²) in [5.41, 5.74) is 1.36. The number of piperidine rings is 1. The second-order valence-corrected chi connectivity index (χ2v) is 6.49. The van der Waals surface area contributed by atoms with Gasteiger partial charge in [0, 0.05) is 29.9 Å². The Morgan fingerprint density at radius 3 is 2.61 bits per heavy atom. The van der Waals surface area contributed by atoms with Gasteiger partial charge in [0.2, 0.25) is 0 Å². The summed E-state index contributed by atoms with van der Waals surface area (Å²) >= 11 is 5.95. The third-order valence-electron chi connectivity index (χ3n) is 4.34. The molecule has 1 N–H and O–H groups in total. The number of likely N-dealkylation sites (tertiary alicyclic amines) is 1. The SMILES string of the molecule is Cc1ccc(C2(O)CCN(C(=O)c3cccc(Cl)c3)CC2)nc1. The lowest BCUT2D eigenvalue weighted by Gasteiger charge is -2.37. The molecule has 0 aliphatic carbocycles. The Morgan fingerprint density at radius 1 is 1.26 bits per heavy atom. The number of benzene rings is 1. The largest absolute Gasteiger partial charge is 0.383 e. The second-order valence-electron chi connectivity index (χ2n) is 6.05. The highest BCUT2D eigenvalue weighted by molar-refractivity contribution is 6.30. The minimum Gasteiger partial charge on any atom is -0.383 e. The Bertz CT molecular complexity index is 707. The summed E-state index contributed by atoms with van der Waals surface area (Å²) in [7, 11) is 0. The molecule has 0 saturated carbocycles. The molecule has 1 fully saturated rings. The predicted octanol–water partition coefficient (Wildman–Crippen LogP) is 3.17. The summed E-state index contributed by atoms with van der Waals surface area (Å²) in [5.74, 6) is -0.0496. The lowest BCUT2D eigenvalue weighted by Crippen LogP contribution is -2.45. The standard InChI is InChI=1S/C18H19ClN2O2/c1-13-5-6-16(20-12-13)18(23)7-9-21(10-8-18)17(22)14-3-2-4-15(19)11-14/h2-6,11-12,23H,7-10H2,1H3. The maximum Gasteiger partial charge on any atom is 0.253 e. The average molecular weight is 331 g/mol. The number of hydrogen-bond donors (Lipinski definition) is 1. The third kappa shape index (κ3) is 3.38. The highest BCUT2D eigenvalue weighted by atomic mass is 35.5. The molecular weight excluding hydrogens is 312 g/mol. The molecular formula is C18H19ClN2O2. The van der Waals surface area contributed by atoms with Crippen LogP contribution < -0.4 is 0 Å². The molecule has 0 spiro atoms. The molecule has 1 aliphatic rings. The molecule has 0 bridgehead atoms. The van der Waals surface area contributed by atoms with E-state index in [1.165, 1.54) is 0 Å². The van der Waals surface area contributed by atoms with Crippen LogP contribution in [0.5, 0.6) is 0 Å². The van der Waals surface area contributed by atoms with Gasteiger partial charge in [0.25, 0.3) is 5.91 Å². The molecule has 1 aromatic carbocycles. The molecule has 1 aliphatic heterocycles. The number of carbonyl (C=O) groups is 1. The van der Waals surface area contributed by atoms with Crippen molar-refractivity contribution in [3.05, 3.63) is 64.4 Å². The maximum absolute atomic E-state index is 12.5. The number of aromatic nitrogens is 1. The fraction of sp³-hybridized carbons (Fsp3) is 0.333. The Hall–Kier alpha value is -1.91. The van der Waals surface area contributed by atoms with Crippen LogP contribution in [0, 0.1) is 6.92 Å². The van der Waals surface area contributed by atoms with E-state index in [0.717, 1.165) is 5.56 Å². The van der Waals surface area contributed by atoms with Gasteiger partial charge < -0.3 is 10.0 Å². The van der Waals surface area contributed by atoms with Crippen molar-refractivity contribution in [1.29, 1.82) is 0 Å². The van der Waals surface area contributed by atoms with Crippen LogP contribution in [0.25, 0.3) is 0 Å².